The Morgan fingerprint density at radius 2 is 2.05 bits per heavy atom. The van der Waals surface area contributed by atoms with E-state index in [0.717, 1.165) is 10.2 Å². The van der Waals surface area contributed by atoms with Gasteiger partial charge in [-0.25, -0.2) is 4.39 Å². The van der Waals surface area contributed by atoms with Crippen LogP contribution >= 0.6 is 15.9 Å². The van der Waals surface area contributed by atoms with Crippen LogP contribution in [-0.2, 0) is 13.1 Å². The highest BCUT2D eigenvalue weighted by atomic mass is 79.9. The molecule has 1 fully saturated rings. The van der Waals surface area contributed by atoms with E-state index in [1.165, 1.54) is 31.7 Å². The predicted molar refractivity (Wildman–Crippen MR) is 84.4 cm³/mol. The van der Waals surface area contributed by atoms with Crippen molar-refractivity contribution in [1.29, 1.82) is 0 Å². The van der Waals surface area contributed by atoms with Crippen molar-refractivity contribution >= 4 is 15.9 Å². The summed E-state index contributed by atoms with van der Waals surface area (Å²) in [4.78, 5) is 0. The standard InChI is InChI=1S/C16H19BrFN3/c17-13-5-6-16(18)12(9-13)10-19-11-14-7-8-21(20-14)15-3-1-2-4-15/h5-9,15,19H,1-4,10-11H2. The zero-order chi connectivity index (χ0) is 14.7. The molecule has 0 amide bonds. The molecule has 0 spiro atoms. The molecular weight excluding hydrogens is 333 g/mol. The van der Waals surface area contributed by atoms with Crippen molar-refractivity contribution in [2.45, 2.75) is 44.8 Å². The van der Waals surface area contributed by atoms with E-state index >= 15 is 0 Å². The number of nitrogens with one attached hydrogen (secondary N) is 1. The summed E-state index contributed by atoms with van der Waals surface area (Å²) in [6.45, 7) is 1.16. The summed E-state index contributed by atoms with van der Waals surface area (Å²) >= 11 is 3.36. The lowest BCUT2D eigenvalue weighted by Gasteiger charge is -2.09. The summed E-state index contributed by atoms with van der Waals surface area (Å²) in [6, 6.07) is 7.61. The lowest BCUT2D eigenvalue weighted by molar-refractivity contribution is 0.460. The molecule has 21 heavy (non-hydrogen) atoms. The topological polar surface area (TPSA) is 29.9 Å². The fourth-order valence-corrected chi connectivity index (χ4v) is 3.26. The lowest BCUT2D eigenvalue weighted by Crippen LogP contribution is -2.15. The van der Waals surface area contributed by atoms with Crippen LogP contribution in [-0.4, -0.2) is 9.78 Å². The maximum atomic E-state index is 13.6. The van der Waals surface area contributed by atoms with Crippen LogP contribution < -0.4 is 5.32 Å². The molecule has 2 aromatic rings. The van der Waals surface area contributed by atoms with Gasteiger partial charge in [0.15, 0.2) is 0 Å². The van der Waals surface area contributed by atoms with Crippen LogP contribution in [0.4, 0.5) is 4.39 Å². The molecule has 1 aliphatic rings. The first-order valence-electron chi connectivity index (χ1n) is 7.41. The van der Waals surface area contributed by atoms with Crippen molar-refractivity contribution < 1.29 is 4.39 Å². The average Bonchev–Trinajstić information content (AvgIpc) is 3.13. The van der Waals surface area contributed by atoms with Crippen molar-refractivity contribution in [3.05, 3.63) is 52.0 Å². The van der Waals surface area contributed by atoms with Gasteiger partial charge in [-0.3, -0.25) is 4.68 Å². The quantitative estimate of drug-likeness (QED) is 0.875. The summed E-state index contributed by atoms with van der Waals surface area (Å²) in [5, 5.41) is 7.87. The molecule has 0 saturated heterocycles. The Kier molecular flexibility index (Phi) is 4.70. The fourth-order valence-electron chi connectivity index (χ4n) is 2.85. The fraction of sp³-hybridized carbons (Fsp3) is 0.438. The summed E-state index contributed by atoms with van der Waals surface area (Å²) in [5.41, 5.74) is 1.68. The molecule has 0 atom stereocenters. The SMILES string of the molecule is Fc1ccc(Br)cc1CNCc1ccn(C2CCCC2)n1. The van der Waals surface area contributed by atoms with Gasteiger partial charge in [0.25, 0.3) is 0 Å². The van der Waals surface area contributed by atoms with E-state index in [2.05, 4.69) is 37.2 Å². The molecule has 3 rings (SSSR count). The first-order valence-corrected chi connectivity index (χ1v) is 8.20. The Bertz CT molecular complexity index is 605. The van der Waals surface area contributed by atoms with Gasteiger partial charge < -0.3 is 5.32 Å². The predicted octanol–water partition coefficient (Wildman–Crippen LogP) is 4.19. The van der Waals surface area contributed by atoms with Crippen molar-refractivity contribution in [1.82, 2.24) is 15.1 Å². The van der Waals surface area contributed by atoms with E-state index in [1.54, 1.807) is 12.1 Å². The highest BCUT2D eigenvalue weighted by molar-refractivity contribution is 9.10. The molecule has 0 bridgehead atoms. The second kappa shape index (κ2) is 6.71. The molecule has 1 N–H and O–H groups in total. The Labute approximate surface area is 132 Å². The third-order valence-corrected chi connectivity index (χ3v) is 4.48. The van der Waals surface area contributed by atoms with Crippen LogP contribution in [0.2, 0.25) is 0 Å². The lowest BCUT2D eigenvalue weighted by atomic mass is 10.2. The zero-order valence-electron chi connectivity index (χ0n) is 11.9. The van der Waals surface area contributed by atoms with Gasteiger partial charge in [-0.05, 0) is 37.1 Å². The van der Waals surface area contributed by atoms with E-state index in [-0.39, 0.29) is 5.82 Å². The molecule has 1 heterocycles. The molecular formula is C16H19BrFN3. The van der Waals surface area contributed by atoms with Gasteiger partial charge in [-0.1, -0.05) is 28.8 Å². The van der Waals surface area contributed by atoms with Gasteiger partial charge in [0, 0.05) is 29.3 Å². The average molecular weight is 352 g/mol. The van der Waals surface area contributed by atoms with Crippen LogP contribution in [0.25, 0.3) is 0 Å². The summed E-state index contributed by atoms with van der Waals surface area (Å²) < 4.78 is 16.6. The first kappa shape index (κ1) is 14.7. The molecule has 1 aliphatic carbocycles. The minimum absolute atomic E-state index is 0.179. The van der Waals surface area contributed by atoms with Crippen molar-refractivity contribution in [2.24, 2.45) is 0 Å². The number of hydrogen-bond acceptors (Lipinski definition) is 2. The van der Waals surface area contributed by atoms with Crippen LogP contribution in [0.1, 0.15) is 43.0 Å². The minimum Gasteiger partial charge on any atom is -0.307 e. The van der Waals surface area contributed by atoms with Gasteiger partial charge in [0.05, 0.1) is 11.7 Å². The number of nitrogens with zero attached hydrogens (tertiary/aromatic N) is 2. The number of aromatic nitrogens is 2. The summed E-state index contributed by atoms with van der Waals surface area (Å²) in [7, 11) is 0. The van der Waals surface area contributed by atoms with Crippen LogP contribution in [0, 0.1) is 5.82 Å². The van der Waals surface area contributed by atoms with E-state index < -0.39 is 0 Å². The monoisotopic (exact) mass is 351 g/mol. The second-order valence-corrected chi connectivity index (χ2v) is 6.48. The molecule has 3 nitrogen and oxygen atoms in total. The Morgan fingerprint density at radius 1 is 1.24 bits per heavy atom. The number of halogens is 2. The van der Waals surface area contributed by atoms with Gasteiger partial charge in [-0.15, -0.1) is 0 Å². The Morgan fingerprint density at radius 3 is 2.86 bits per heavy atom. The van der Waals surface area contributed by atoms with E-state index in [4.69, 9.17) is 0 Å². The van der Waals surface area contributed by atoms with Gasteiger partial charge in [-0.2, -0.15) is 5.10 Å². The van der Waals surface area contributed by atoms with Gasteiger partial charge >= 0.3 is 0 Å². The van der Waals surface area contributed by atoms with E-state index in [1.807, 2.05) is 6.07 Å². The second-order valence-electron chi connectivity index (χ2n) is 5.56. The summed E-state index contributed by atoms with van der Waals surface area (Å²) in [6.07, 6.45) is 7.14. The molecule has 5 heteroatoms. The smallest absolute Gasteiger partial charge is 0.127 e. The van der Waals surface area contributed by atoms with Crippen molar-refractivity contribution in [3.63, 3.8) is 0 Å². The maximum Gasteiger partial charge on any atom is 0.127 e. The zero-order valence-corrected chi connectivity index (χ0v) is 13.4. The minimum atomic E-state index is -0.179. The molecule has 0 unspecified atom stereocenters. The Balaban J connectivity index is 1.54. The van der Waals surface area contributed by atoms with Gasteiger partial charge in [0.2, 0.25) is 0 Å². The van der Waals surface area contributed by atoms with E-state index in [9.17, 15) is 4.39 Å². The largest absolute Gasteiger partial charge is 0.307 e. The molecule has 1 saturated carbocycles. The third-order valence-electron chi connectivity index (χ3n) is 3.99. The first-order chi connectivity index (χ1) is 10.2. The number of rotatable bonds is 5. The molecule has 0 aliphatic heterocycles. The van der Waals surface area contributed by atoms with Crippen molar-refractivity contribution in [2.75, 3.05) is 0 Å². The maximum absolute atomic E-state index is 13.6. The van der Waals surface area contributed by atoms with E-state index in [0.29, 0.717) is 24.7 Å². The highest BCUT2D eigenvalue weighted by Gasteiger charge is 2.17. The molecule has 0 radical (unpaired) electrons. The normalized spacial score (nSPS) is 15.7. The van der Waals surface area contributed by atoms with Crippen molar-refractivity contribution in [3.8, 4) is 0 Å². The van der Waals surface area contributed by atoms with Crippen LogP contribution in [0.5, 0.6) is 0 Å². The number of benzene rings is 1. The molecule has 1 aromatic carbocycles. The summed E-state index contributed by atoms with van der Waals surface area (Å²) in [5.74, 6) is -0.179. The molecule has 1 aromatic heterocycles. The molecule has 112 valence electrons. The highest BCUT2D eigenvalue weighted by Crippen LogP contribution is 2.28. The number of hydrogen-bond donors (Lipinski definition) is 1. The third kappa shape index (κ3) is 3.71. The van der Waals surface area contributed by atoms with Crippen LogP contribution in [0.15, 0.2) is 34.9 Å². The van der Waals surface area contributed by atoms with Gasteiger partial charge in [0.1, 0.15) is 5.82 Å². The Hall–Kier alpha value is -1.20. The van der Waals surface area contributed by atoms with Crippen LogP contribution in [0.3, 0.4) is 0 Å².